The number of likely N-dealkylation sites (N-methyl/N-ethyl adjacent to an activating group) is 1. The molecule has 11 heteroatoms. The SMILES string of the molecule is CN1CCC(O)(c2cccc(-c3nc(-c4ccnc(NCCCS(C)(=O)=O)n4)cs3)c2)C1=O. The molecule has 1 unspecified atom stereocenters. The van der Waals surface area contributed by atoms with E-state index < -0.39 is 15.4 Å². The lowest BCUT2D eigenvalue weighted by atomic mass is 9.91. The maximum atomic E-state index is 12.5. The molecule has 0 radical (unpaired) electrons. The Morgan fingerprint density at radius 3 is 2.79 bits per heavy atom. The fourth-order valence-corrected chi connectivity index (χ4v) is 5.16. The summed E-state index contributed by atoms with van der Waals surface area (Å²) in [5, 5.41) is 16.6. The van der Waals surface area contributed by atoms with Gasteiger partial charge in [0, 0.05) is 50.0 Å². The van der Waals surface area contributed by atoms with Gasteiger partial charge in [0.25, 0.3) is 5.91 Å². The second kappa shape index (κ2) is 9.16. The van der Waals surface area contributed by atoms with E-state index in [1.54, 1.807) is 25.4 Å². The minimum atomic E-state index is -3.00. The Balaban J connectivity index is 1.50. The average molecular weight is 488 g/mol. The molecular weight excluding hydrogens is 462 g/mol. The van der Waals surface area contributed by atoms with Gasteiger partial charge < -0.3 is 15.3 Å². The Morgan fingerprint density at radius 1 is 1.24 bits per heavy atom. The molecule has 1 aliphatic rings. The van der Waals surface area contributed by atoms with E-state index in [4.69, 9.17) is 0 Å². The topological polar surface area (TPSA) is 125 Å². The fraction of sp³-hybridized carbons (Fsp3) is 0.364. The molecule has 33 heavy (non-hydrogen) atoms. The number of hydrogen-bond acceptors (Lipinski definition) is 9. The van der Waals surface area contributed by atoms with Crippen molar-refractivity contribution in [2.45, 2.75) is 18.4 Å². The Labute approximate surface area is 196 Å². The molecule has 4 rings (SSSR count). The molecule has 9 nitrogen and oxygen atoms in total. The van der Waals surface area contributed by atoms with Crippen LogP contribution in [0.1, 0.15) is 18.4 Å². The number of likely N-dealkylation sites (tertiary alicyclic amines) is 1. The summed E-state index contributed by atoms with van der Waals surface area (Å²) in [6.07, 6.45) is 3.66. The molecule has 3 aromatic rings. The van der Waals surface area contributed by atoms with E-state index in [0.29, 0.717) is 48.8 Å². The number of aliphatic hydroxyl groups is 1. The summed E-state index contributed by atoms with van der Waals surface area (Å²) >= 11 is 1.44. The number of rotatable bonds is 8. The lowest BCUT2D eigenvalue weighted by Crippen LogP contribution is -2.36. The highest BCUT2D eigenvalue weighted by atomic mass is 32.2. The minimum absolute atomic E-state index is 0.102. The monoisotopic (exact) mass is 487 g/mol. The summed E-state index contributed by atoms with van der Waals surface area (Å²) in [6, 6.07) is 9.05. The van der Waals surface area contributed by atoms with E-state index in [9.17, 15) is 18.3 Å². The number of thiazole rings is 1. The van der Waals surface area contributed by atoms with Gasteiger partial charge in [-0.3, -0.25) is 4.79 Å². The van der Waals surface area contributed by atoms with Gasteiger partial charge in [-0.05, 0) is 24.1 Å². The van der Waals surface area contributed by atoms with E-state index in [1.807, 2.05) is 23.6 Å². The van der Waals surface area contributed by atoms with Crippen LogP contribution in [0.15, 0.2) is 41.9 Å². The van der Waals surface area contributed by atoms with E-state index >= 15 is 0 Å². The second-order valence-corrected chi connectivity index (χ2v) is 11.2. The third-order valence-corrected chi connectivity index (χ3v) is 7.42. The molecule has 1 amide bonds. The molecule has 0 bridgehead atoms. The Morgan fingerprint density at radius 2 is 2.06 bits per heavy atom. The molecule has 0 aliphatic carbocycles. The van der Waals surface area contributed by atoms with Gasteiger partial charge in [0.2, 0.25) is 5.95 Å². The van der Waals surface area contributed by atoms with Crippen molar-refractivity contribution in [1.29, 1.82) is 0 Å². The zero-order valence-electron chi connectivity index (χ0n) is 18.4. The Kier molecular flexibility index (Phi) is 6.46. The summed E-state index contributed by atoms with van der Waals surface area (Å²) < 4.78 is 22.5. The van der Waals surface area contributed by atoms with Crippen LogP contribution in [0.3, 0.4) is 0 Å². The summed E-state index contributed by atoms with van der Waals surface area (Å²) in [7, 11) is -1.31. The largest absolute Gasteiger partial charge is 0.375 e. The smallest absolute Gasteiger partial charge is 0.258 e. The predicted octanol–water partition coefficient (Wildman–Crippen LogP) is 2.16. The van der Waals surface area contributed by atoms with Gasteiger partial charge in [-0.25, -0.2) is 23.4 Å². The van der Waals surface area contributed by atoms with Crippen LogP contribution in [0.25, 0.3) is 22.0 Å². The van der Waals surface area contributed by atoms with Crippen molar-refractivity contribution >= 4 is 33.0 Å². The Hall–Kier alpha value is -2.89. The quantitative estimate of drug-likeness (QED) is 0.463. The summed E-state index contributed by atoms with van der Waals surface area (Å²) in [5.74, 6) is 0.214. The number of nitrogens with one attached hydrogen (secondary N) is 1. The van der Waals surface area contributed by atoms with Crippen molar-refractivity contribution in [3.8, 4) is 22.0 Å². The first-order valence-electron chi connectivity index (χ1n) is 10.5. The highest BCUT2D eigenvalue weighted by molar-refractivity contribution is 7.90. The molecule has 174 valence electrons. The minimum Gasteiger partial charge on any atom is -0.375 e. The van der Waals surface area contributed by atoms with Gasteiger partial charge in [-0.1, -0.05) is 18.2 Å². The van der Waals surface area contributed by atoms with Gasteiger partial charge in [0.05, 0.1) is 11.4 Å². The number of anilines is 1. The molecule has 1 aliphatic heterocycles. The molecule has 1 fully saturated rings. The number of sulfone groups is 1. The van der Waals surface area contributed by atoms with Crippen molar-refractivity contribution in [1.82, 2.24) is 19.9 Å². The number of aromatic nitrogens is 3. The molecule has 2 aromatic heterocycles. The number of carbonyl (C=O) groups excluding carboxylic acids is 1. The maximum absolute atomic E-state index is 12.5. The zero-order chi connectivity index (χ0) is 23.6. The number of hydrogen-bond donors (Lipinski definition) is 2. The van der Waals surface area contributed by atoms with E-state index in [1.165, 1.54) is 22.5 Å². The van der Waals surface area contributed by atoms with Crippen molar-refractivity contribution in [2.75, 3.05) is 37.5 Å². The van der Waals surface area contributed by atoms with Crippen LogP contribution in [0.4, 0.5) is 5.95 Å². The molecule has 1 atom stereocenters. The van der Waals surface area contributed by atoms with E-state index in [2.05, 4.69) is 20.3 Å². The molecule has 0 spiro atoms. The van der Waals surface area contributed by atoms with Crippen LogP contribution < -0.4 is 5.32 Å². The third kappa shape index (κ3) is 5.21. The summed E-state index contributed by atoms with van der Waals surface area (Å²) in [4.78, 5) is 27.3. The number of benzene rings is 1. The van der Waals surface area contributed by atoms with Crippen molar-refractivity contribution in [3.63, 3.8) is 0 Å². The normalized spacial score (nSPS) is 18.6. The molecular formula is C22H25N5O4S2. The van der Waals surface area contributed by atoms with E-state index in [-0.39, 0.29) is 11.7 Å². The molecule has 1 aromatic carbocycles. The van der Waals surface area contributed by atoms with Gasteiger partial charge >= 0.3 is 0 Å². The van der Waals surface area contributed by atoms with Crippen LogP contribution in [0, 0.1) is 0 Å². The maximum Gasteiger partial charge on any atom is 0.258 e. The van der Waals surface area contributed by atoms with E-state index in [0.717, 1.165) is 10.6 Å². The molecule has 3 heterocycles. The first-order chi connectivity index (χ1) is 15.7. The van der Waals surface area contributed by atoms with Crippen molar-refractivity contribution in [3.05, 3.63) is 47.5 Å². The van der Waals surface area contributed by atoms with Crippen LogP contribution in [0.5, 0.6) is 0 Å². The van der Waals surface area contributed by atoms with Gasteiger partial charge in [0.15, 0.2) is 5.60 Å². The molecule has 1 saturated heterocycles. The highest BCUT2D eigenvalue weighted by Crippen LogP contribution is 2.36. The third-order valence-electron chi connectivity index (χ3n) is 5.49. The lowest BCUT2D eigenvalue weighted by molar-refractivity contribution is -0.143. The zero-order valence-corrected chi connectivity index (χ0v) is 20.0. The van der Waals surface area contributed by atoms with Crippen LogP contribution in [0.2, 0.25) is 0 Å². The molecule has 2 N–H and O–H groups in total. The van der Waals surface area contributed by atoms with Gasteiger partial charge in [-0.15, -0.1) is 11.3 Å². The number of amides is 1. The Bertz CT molecular complexity index is 1280. The van der Waals surface area contributed by atoms with Gasteiger partial charge in [-0.2, -0.15) is 0 Å². The van der Waals surface area contributed by atoms with Crippen molar-refractivity contribution in [2.24, 2.45) is 0 Å². The lowest BCUT2D eigenvalue weighted by Gasteiger charge is -2.21. The number of nitrogens with zero attached hydrogens (tertiary/aromatic N) is 4. The van der Waals surface area contributed by atoms with Crippen LogP contribution in [-0.4, -0.2) is 71.4 Å². The first kappa shape index (κ1) is 23.3. The summed E-state index contributed by atoms with van der Waals surface area (Å²) in [6.45, 7) is 0.960. The standard InChI is InChI=1S/C22H25N5O4S2/c1-27-11-8-22(29,20(27)28)16-6-3-5-15(13-16)19-25-18(14-32-19)17-7-10-24-21(26-17)23-9-4-12-33(2,30)31/h3,5-7,10,13-14,29H,4,8-9,11-12H2,1-2H3,(H,23,24,26). The van der Waals surface area contributed by atoms with Crippen LogP contribution in [-0.2, 0) is 20.2 Å². The fourth-order valence-electron chi connectivity index (χ4n) is 3.68. The van der Waals surface area contributed by atoms with Crippen molar-refractivity contribution < 1.29 is 18.3 Å². The number of carbonyl (C=O) groups is 1. The molecule has 0 saturated carbocycles. The predicted molar refractivity (Wildman–Crippen MR) is 128 cm³/mol. The first-order valence-corrected chi connectivity index (χ1v) is 13.4. The highest BCUT2D eigenvalue weighted by Gasteiger charge is 2.45. The van der Waals surface area contributed by atoms with Gasteiger partial charge in [0.1, 0.15) is 20.5 Å². The average Bonchev–Trinajstić information content (AvgIpc) is 3.39. The summed E-state index contributed by atoms with van der Waals surface area (Å²) in [5.41, 5.74) is 1.19. The second-order valence-electron chi connectivity index (χ2n) is 8.13. The van der Waals surface area contributed by atoms with Crippen LogP contribution >= 0.6 is 11.3 Å².